The molecule has 0 radical (unpaired) electrons. The third kappa shape index (κ3) is 3.02. The number of methoxy groups -OCH3 is 1. The van der Waals surface area contributed by atoms with Crippen LogP contribution in [0.4, 0.5) is 5.69 Å². The summed E-state index contributed by atoms with van der Waals surface area (Å²) >= 11 is 5.60. The standard InChI is InChI=1S/C13H9ClN4O2/c1-20-11-4-8(5-15)2-3-9(11)18-13(19)10-6-17-12(14)7-16-10/h2-4,6-7H,1H3,(H,18,19). The molecule has 20 heavy (non-hydrogen) atoms. The van der Waals surface area contributed by atoms with E-state index in [0.717, 1.165) is 0 Å². The van der Waals surface area contributed by atoms with Crippen LogP contribution in [-0.4, -0.2) is 23.0 Å². The molecule has 0 saturated heterocycles. The fraction of sp³-hybridized carbons (Fsp3) is 0.0769. The second kappa shape index (κ2) is 5.99. The minimum atomic E-state index is -0.447. The predicted molar refractivity (Wildman–Crippen MR) is 72.7 cm³/mol. The zero-order valence-corrected chi connectivity index (χ0v) is 11.2. The Hall–Kier alpha value is -2.65. The van der Waals surface area contributed by atoms with Crippen LogP contribution in [0, 0.1) is 11.3 Å². The maximum absolute atomic E-state index is 12.0. The summed E-state index contributed by atoms with van der Waals surface area (Å²) in [5.74, 6) is -0.0588. The van der Waals surface area contributed by atoms with Crippen LogP contribution in [0.3, 0.4) is 0 Å². The zero-order chi connectivity index (χ0) is 14.5. The Morgan fingerprint density at radius 1 is 1.40 bits per heavy atom. The Bertz CT molecular complexity index is 680. The van der Waals surface area contributed by atoms with Gasteiger partial charge in [-0.2, -0.15) is 5.26 Å². The van der Waals surface area contributed by atoms with Crippen LogP contribution in [0.2, 0.25) is 5.15 Å². The lowest BCUT2D eigenvalue weighted by molar-refractivity contribution is 0.102. The summed E-state index contributed by atoms with van der Waals surface area (Å²) in [5.41, 5.74) is 1.00. The number of anilines is 1. The van der Waals surface area contributed by atoms with Crippen LogP contribution in [0.1, 0.15) is 16.1 Å². The molecule has 1 aromatic carbocycles. The summed E-state index contributed by atoms with van der Waals surface area (Å²) in [6.07, 6.45) is 2.56. The first kappa shape index (κ1) is 13.8. The molecule has 0 aliphatic rings. The van der Waals surface area contributed by atoms with Gasteiger partial charge in [-0.3, -0.25) is 4.79 Å². The number of rotatable bonds is 3. The van der Waals surface area contributed by atoms with Crippen LogP contribution < -0.4 is 10.1 Å². The molecule has 0 spiro atoms. The van der Waals surface area contributed by atoms with Gasteiger partial charge < -0.3 is 10.1 Å². The number of aromatic nitrogens is 2. The molecule has 0 aliphatic carbocycles. The molecule has 0 fully saturated rings. The van der Waals surface area contributed by atoms with E-state index in [1.54, 1.807) is 12.1 Å². The molecule has 2 aromatic rings. The fourth-order valence-electron chi connectivity index (χ4n) is 1.48. The Labute approximate surface area is 120 Å². The molecular weight excluding hydrogens is 280 g/mol. The first-order chi connectivity index (χ1) is 9.63. The van der Waals surface area contributed by atoms with Crippen molar-refractivity contribution >= 4 is 23.2 Å². The van der Waals surface area contributed by atoms with Gasteiger partial charge in [-0.05, 0) is 12.1 Å². The molecule has 1 aromatic heterocycles. The number of nitrogens with zero attached hydrogens (tertiary/aromatic N) is 3. The Balaban J connectivity index is 2.23. The van der Waals surface area contributed by atoms with E-state index in [-0.39, 0.29) is 10.8 Å². The normalized spacial score (nSPS) is 9.65. The summed E-state index contributed by atoms with van der Waals surface area (Å²) < 4.78 is 5.12. The molecule has 1 heterocycles. The predicted octanol–water partition coefficient (Wildman–Crippen LogP) is 2.26. The van der Waals surface area contributed by atoms with E-state index in [4.69, 9.17) is 21.6 Å². The van der Waals surface area contributed by atoms with E-state index < -0.39 is 5.91 Å². The maximum atomic E-state index is 12.0. The number of amides is 1. The van der Waals surface area contributed by atoms with Gasteiger partial charge in [0, 0.05) is 6.07 Å². The van der Waals surface area contributed by atoms with E-state index in [0.29, 0.717) is 17.0 Å². The van der Waals surface area contributed by atoms with E-state index >= 15 is 0 Å². The Morgan fingerprint density at radius 2 is 2.20 bits per heavy atom. The van der Waals surface area contributed by atoms with E-state index in [1.165, 1.54) is 25.6 Å². The Morgan fingerprint density at radius 3 is 2.80 bits per heavy atom. The SMILES string of the molecule is COc1cc(C#N)ccc1NC(=O)c1cnc(Cl)cn1. The number of hydrogen-bond donors (Lipinski definition) is 1. The van der Waals surface area contributed by atoms with Crippen LogP contribution in [-0.2, 0) is 0 Å². The number of carbonyl (C=O) groups is 1. The maximum Gasteiger partial charge on any atom is 0.275 e. The number of hydrogen-bond acceptors (Lipinski definition) is 5. The molecule has 1 amide bonds. The van der Waals surface area contributed by atoms with Gasteiger partial charge in [0.2, 0.25) is 0 Å². The number of halogens is 1. The van der Waals surface area contributed by atoms with Crippen molar-refractivity contribution in [1.29, 1.82) is 5.26 Å². The molecule has 6 nitrogen and oxygen atoms in total. The zero-order valence-electron chi connectivity index (χ0n) is 10.4. The van der Waals surface area contributed by atoms with Crippen molar-refractivity contribution < 1.29 is 9.53 Å². The van der Waals surface area contributed by atoms with Crippen LogP contribution in [0.25, 0.3) is 0 Å². The number of nitriles is 1. The molecule has 2 rings (SSSR count). The second-order valence-electron chi connectivity index (χ2n) is 3.71. The highest BCUT2D eigenvalue weighted by atomic mass is 35.5. The molecule has 0 atom stereocenters. The molecule has 0 unspecified atom stereocenters. The van der Waals surface area contributed by atoms with Crippen LogP contribution in [0.5, 0.6) is 5.75 Å². The summed E-state index contributed by atoms with van der Waals surface area (Å²) in [6, 6.07) is 6.68. The fourth-order valence-corrected chi connectivity index (χ4v) is 1.58. The van der Waals surface area contributed by atoms with Crippen molar-refractivity contribution in [2.24, 2.45) is 0 Å². The summed E-state index contributed by atoms with van der Waals surface area (Å²) in [6.45, 7) is 0. The number of carbonyl (C=O) groups excluding carboxylic acids is 1. The number of ether oxygens (including phenoxy) is 1. The van der Waals surface area contributed by atoms with Gasteiger partial charge in [0.15, 0.2) is 0 Å². The molecular formula is C13H9ClN4O2. The molecule has 0 saturated carbocycles. The lowest BCUT2D eigenvalue weighted by Gasteiger charge is -2.09. The second-order valence-corrected chi connectivity index (χ2v) is 4.09. The van der Waals surface area contributed by atoms with Gasteiger partial charge in [-0.25, -0.2) is 9.97 Å². The van der Waals surface area contributed by atoms with E-state index in [1.807, 2.05) is 6.07 Å². The largest absolute Gasteiger partial charge is 0.495 e. The van der Waals surface area contributed by atoms with E-state index in [2.05, 4.69) is 15.3 Å². The van der Waals surface area contributed by atoms with Crippen molar-refractivity contribution in [1.82, 2.24) is 9.97 Å². The summed E-state index contributed by atoms with van der Waals surface area (Å²) in [5, 5.41) is 11.6. The van der Waals surface area contributed by atoms with Crippen molar-refractivity contribution in [2.45, 2.75) is 0 Å². The molecule has 0 aliphatic heterocycles. The van der Waals surface area contributed by atoms with Crippen molar-refractivity contribution in [2.75, 3.05) is 12.4 Å². The van der Waals surface area contributed by atoms with Crippen molar-refractivity contribution in [3.8, 4) is 11.8 Å². The molecule has 100 valence electrons. The highest BCUT2D eigenvalue weighted by Gasteiger charge is 2.12. The lowest BCUT2D eigenvalue weighted by atomic mass is 10.2. The van der Waals surface area contributed by atoms with Gasteiger partial charge in [0.1, 0.15) is 16.6 Å². The van der Waals surface area contributed by atoms with Gasteiger partial charge in [-0.15, -0.1) is 0 Å². The smallest absolute Gasteiger partial charge is 0.275 e. The van der Waals surface area contributed by atoms with Gasteiger partial charge in [0.05, 0.1) is 36.8 Å². The van der Waals surface area contributed by atoms with Crippen LogP contribution in [0.15, 0.2) is 30.6 Å². The summed E-state index contributed by atoms with van der Waals surface area (Å²) in [4.78, 5) is 19.6. The Kier molecular flexibility index (Phi) is 4.13. The first-order valence-corrected chi connectivity index (χ1v) is 5.89. The monoisotopic (exact) mass is 288 g/mol. The van der Waals surface area contributed by atoms with Crippen LogP contribution >= 0.6 is 11.6 Å². The average Bonchev–Trinajstić information content (AvgIpc) is 2.48. The van der Waals surface area contributed by atoms with E-state index in [9.17, 15) is 4.79 Å². The highest BCUT2D eigenvalue weighted by molar-refractivity contribution is 6.29. The quantitative estimate of drug-likeness (QED) is 0.936. The third-order valence-corrected chi connectivity index (χ3v) is 2.63. The summed E-state index contributed by atoms with van der Waals surface area (Å²) in [7, 11) is 1.45. The molecule has 1 N–H and O–H groups in total. The minimum Gasteiger partial charge on any atom is -0.495 e. The van der Waals surface area contributed by atoms with Gasteiger partial charge in [-0.1, -0.05) is 11.6 Å². The number of nitrogens with one attached hydrogen (secondary N) is 1. The highest BCUT2D eigenvalue weighted by Crippen LogP contribution is 2.25. The van der Waals surface area contributed by atoms with Gasteiger partial charge >= 0.3 is 0 Å². The first-order valence-electron chi connectivity index (χ1n) is 5.51. The lowest BCUT2D eigenvalue weighted by Crippen LogP contribution is -2.14. The minimum absolute atomic E-state index is 0.126. The molecule has 7 heteroatoms. The third-order valence-electron chi connectivity index (χ3n) is 2.43. The average molecular weight is 289 g/mol. The van der Waals surface area contributed by atoms with Crippen molar-refractivity contribution in [3.63, 3.8) is 0 Å². The topological polar surface area (TPSA) is 87.9 Å². The molecule has 0 bridgehead atoms. The number of benzene rings is 1. The van der Waals surface area contributed by atoms with Gasteiger partial charge in [0.25, 0.3) is 5.91 Å². The van der Waals surface area contributed by atoms with Crippen molar-refractivity contribution in [3.05, 3.63) is 47.0 Å².